The fraction of sp³-hybridized carbons (Fsp3) is 0.824. The average molecular weight is 298 g/mol. The minimum absolute atomic E-state index is 0.0625. The van der Waals surface area contributed by atoms with Crippen LogP contribution in [0.15, 0.2) is 12.2 Å². The molecule has 21 heavy (non-hydrogen) atoms. The summed E-state index contributed by atoms with van der Waals surface area (Å²) in [6.45, 7) is 8.07. The number of carbonyl (C=O) groups excluding carboxylic acids is 1. The fourth-order valence-corrected chi connectivity index (χ4v) is 2.74. The number of rotatable bonds is 5. The Balaban J connectivity index is 2.59. The molecule has 1 rings (SSSR count). The predicted octanol–water partition coefficient (Wildman–Crippen LogP) is 2.82. The Morgan fingerprint density at radius 1 is 1.48 bits per heavy atom. The van der Waals surface area contributed by atoms with E-state index in [2.05, 4.69) is 0 Å². The van der Waals surface area contributed by atoms with E-state index >= 15 is 0 Å². The first kappa shape index (κ1) is 18.2. The monoisotopic (exact) mass is 298 g/mol. The van der Waals surface area contributed by atoms with Crippen molar-refractivity contribution in [1.82, 2.24) is 0 Å². The molecule has 0 spiro atoms. The standard InChI is InChI=1S/C17H30O4/c1-5-21-15(19)12-17(20)10-6-7-13(11-17)8-9-14(18)16(2,3)4/h8-9,13-14,18,20H,5-7,10-12H2,1-4H3/b9-8+. The second-order valence-electron chi connectivity index (χ2n) is 7.26. The van der Waals surface area contributed by atoms with Crippen molar-refractivity contribution in [1.29, 1.82) is 0 Å². The maximum atomic E-state index is 11.6. The van der Waals surface area contributed by atoms with E-state index in [1.54, 1.807) is 6.92 Å². The Labute approximate surface area is 128 Å². The lowest BCUT2D eigenvalue weighted by molar-refractivity contribution is -0.150. The molecule has 0 amide bonds. The summed E-state index contributed by atoms with van der Waals surface area (Å²) >= 11 is 0. The Bertz CT molecular complexity index is 369. The van der Waals surface area contributed by atoms with Gasteiger partial charge in [-0.15, -0.1) is 0 Å². The third kappa shape index (κ3) is 6.18. The van der Waals surface area contributed by atoms with Crippen LogP contribution in [0.3, 0.4) is 0 Å². The molecule has 0 aromatic rings. The minimum atomic E-state index is -0.966. The van der Waals surface area contributed by atoms with Crippen molar-refractivity contribution >= 4 is 5.97 Å². The Morgan fingerprint density at radius 2 is 2.14 bits per heavy atom. The van der Waals surface area contributed by atoms with E-state index in [-0.39, 0.29) is 23.7 Å². The van der Waals surface area contributed by atoms with E-state index in [1.165, 1.54) is 0 Å². The molecule has 122 valence electrons. The molecular formula is C17H30O4. The van der Waals surface area contributed by atoms with Crippen LogP contribution in [0.25, 0.3) is 0 Å². The Kier molecular flexibility index (Phi) is 6.41. The molecule has 1 fully saturated rings. The summed E-state index contributed by atoms with van der Waals surface area (Å²) in [5, 5.41) is 20.6. The predicted molar refractivity (Wildman–Crippen MR) is 82.8 cm³/mol. The van der Waals surface area contributed by atoms with Crippen LogP contribution >= 0.6 is 0 Å². The third-order valence-corrected chi connectivity index (χ3v) is 4.09. The van der Waals surface area contributed by atoms with Crippen molar-refractivity contribution in [3.8, 4) is 0 Å². The van der Waals surface area contributed by atoms with E-state index in [0.717, 1.165) is 12.8 Å². The summed E-state index contributed by atoms with van der Waals surface area (Å²) in [5.74, 6) is -0.130. The highest BCUT2D eigenvalue weighted by molar-refractivity contribution is 5.70. The fourth-order valence-electron chi connectivity index (χ4n) is 2.74. The van der Waals surface area contributed by atoms with E-state index < -0.39 is 11.7 Å². The zero-order chi connectivity index (χ0) is 16.1. The number of hydrogen-bond acceptors (Lipinski definition) is 4. The molecule has 0 aromatic carbocycles. The van der Waals surface area contributed by atoms with Gasteiger partial charge in [0.2, 0.25) is 0 Å². The number of hydrogen-bond donors (Lipinski definition) is 2. The van der Waals surface area contributed by atoms with Gasteiger partial charge in [0.15, 0.2) is 0 Å². The summed E-state index contributed by atoms with van der Waals surface area (Å²) < 4.78 is 4.93. The summed E-state index contributed by atoms with van der Waals surface area (Å²) in [7, 11) is 0. The van der Waals surface area contributed by atoms with Crippen LogP contribution in [0.4, 0.5) is 0 Å². The van der Waals surface area contributed by atoms with Gasteiger partial charge in [0, 0.05) is 0 Å². The molecule has 0 saturated heterocycles. The van der Waals surface area contributed by atoms with Crippen LogP contribution in [0.1, 0.15) is 59.8 Å². The minimum Gasteiger partial charge on any atom is -0.466 e. The smallest absolute Gasteiger partial charge is 0.308 e. The normalized spacial score (nSPS) is 28.6. The molecule has 3 atom stereocenters. The van der Waals surface area contributed by atoms with Gasteiger partial charge >= 0.3 is 5.97 Å². The first-order valence-electron chi connectivity index (χ1n) is 7.91. The first-order chi connectivity index (χ1) is 9.66. The number of ether oxygens (including phenoxy) is 1. The highest BCUT2D eigenvalue weighted by Crippen LogP contribution is 2.36. The molecule has 1 aliphatic rings. The molecule has 0 radical (unpaired) electrons. The van der Waals surface area contributed by atoms with Crippen molar-refractivity contribution in [3.63, 3.8) is 0 Å². The van der Waals surface area contributed by atoms with Gasteiger partial charge in [0.1, 0.15) is 0 Å². The van der Waals surface area contributed by atoms with Gasteiger partial charge in [-0.1, -0.05) is 32.9 Å². The van der Waals surface area contributed by atoms with Gasteiger partial charge in [-0.3, -0.25) is 4.79 Å². The lowest BCUT2D eigenvalue weighted by Gasteiger charge is -2.35. The second-order valence-corrected chi connectivity index (χ2v) is 7.26. The number of esters is 1. The van der Waals surface area contributed by atoms with Gasteiger partial charge in [0.25, 0.3) is 0 Å². The van der Waals surface area contributed by atoms with Gasteiger partial charge in [-0.25, -0.2) is 0 Å². The molecule has 0 heterocycles. The van der Waals surface area contributed by atoms with Crippen molar-refractivity contribution in [2.45, 2.75) is 71.5 Å². The van der Waals surface area contributed by atoms with Crippen LogP contribution in [-0.2, 0) is 9.53 Å². The first-order valence-corrected chi connectivity index (χ1v) is 7.91. The van der Waals surface area contributed by atoms with E-state index in [0.29, 0.717) is 19.4 Å². The molecule has 1 saturated carbocycles. The molecule has 0 bridgehead atoms. The van der Waals surface area contributed by atoms with Crippen LogP contribution in [0.2, 0.25) is 0 Å². The van der Waals surface area contributed by atoms with Crippen molar-refractivity contribution in [3.05, 3.63) is 12.2 Å². The third-order valence-electron chi connectivity index (χ3n) is 4.09. The van der Waals surface area contributed by atoms with E-state index in [1.807, 2.05) is 32.9 Å². The lowest BCUT2D eigenvalue weighted by Crippen LogP contribution is -2.37. The summed E-state index contributed by atoms with van der Waals surface area (Å²) in [6, 6.07) is 0. The van der Waals surface area contributed by atoms with Gasteiger partial charge in [-0.05, 0) is 43.9 Å². The number of carbonyl (C=O) groups is 1. The summed E-state index contributed by atoms with van der Waals surface area (Å²) in [5.41, 5.74) is -1.15. The molecule has 4 nitrogen and oxygen atoms in total. The average Bonchev–Trinajstić information content (AvgIpc) is 2.34. The molecule has 0 aromatic heterocycles. The lowest BCUT2D eigenvalue weighted by atomic mass is 9.76. The van der Waals surface area contributed by atoms with E-state index in [9.17, 15) is 15.0 Å². The van der Waals surface area contributed by atoms with Crippen LogP contribution in [-0.4, -0.2) is 34.5 Å². The van der Waals surface area contributed by atoms with Crippen molar-refractivity contribution < 1.29 is 19.7 Å². The maximum Gasteiger partial charge on any atom is 0.308 e. The van der Waals surface area contributed by atoms with Gasteiger partial charge in [0.05, 0.1) is 24.7 Å². The zero-order valence-corrected chi connectivity index (χ0v) is 13.8. The number of aliphatic hydroxyl groups is 2. The van der Waals surface area contributed by atoms with Crippen LogP contribution in [0, 0.1) is 11.3 Å². The quantitative estimate of drug-likeness (QED) is 0.605. The van der Waals surface area contributed by atoms with Crippen LogP contribution < -0.4 is 0 Å². The SMILES string of the molecule is CCOC(=O)CC1(O)CCCC(/C=C/C(O)C(C)(C)C)C1. The number of allylic oxidation sites excluding steroid dienone is 1. The molecule has 4 heteroatoms. The largest absolute Gasteiger partial charge is 0.466 e. The van der Waals surface area contributed by atoms with Crippen molar-refractivity contribution in [2.75, 3.05) is 6.61 Å². The second kappa shape index (κ2) is 7.41. The highest BCUT2D eigenvalue weighted by atomic mass is 16.5. The maximum absolute atomic E-state index is 11.6. The zero-order valence-electron chi connectivity index (χ0n) is 13.8. The van der Waals surface area contributed by atoms with Crippen LogP contribution in [0.5, 0.6) is 0 Å². The van der Waals surface area contributed by atoms with E-state index in [4.69, 9.17) is 4.74 Å². The molecule has 3 unspecified atom stereocenters. The Hall–Kier alpha value is -0.870. The molecule has 0 aliphatic heterocycles. The van der Waals surface area contributed by atoms with Gasteiger partial charge < -0.3 is 14.9 Å². The molecule has 2 N–H and O–H groups in total. The van der Waals surface area contributed by atoms with Crippen molar-refractivity contribution in [2.24, 2.45) is 11.3 Å². The number of aliphatic hydroxyl groups excluding tert-OH is 1. The summed E-state index contributed by atoms with van der Waals surface area (Å²) in [6.07, 6.45) is 6.43. The molecular weight excluding hydrogens is 268 g/mol. The molecule has 1 aliphatic carbocycles. The highest BCUT2D eigenvalue weighted by Gasteiger charge is 2.36. The van der Waals surface area contributed by atoms with Gasteiger partial charge in [-0.2, -0.15) is 0 Å². The summed E-state index contributed by atoms with van der Waals surface area (Å²) in [4.78, 5) is 11.6. The topological polar surface area (TPSA) is 66.8 Å². The Morgan fingerprint density at radius 3 is 2.71 bits per heavy atom.